The number of rotatable bonds is 8. The fraction of sp³-hybridized carbons (Fsp3) is 0.579. The average molecular weight is 332 g/mol. The van der Waals surface area contributed by atoms with E-state index in [4.69, 9.17) is 0 Å². The van der Waals surface area contributed by atoms with Crippen molar-refractivity contribution in [2.24, 2.45) is 10.9 Å². The van der Waals surface area contributed by atoms with E-state index in [1.54, 1.807) is 7.05 Å². The molecule has 0 fully saturated rings. The maximum Gasteiger partial charge on any atom is 0.224 e. The van der Waals surface area contributed by atoms with Gasteiger partial charge in [-0.25, -0.2) is 0 Å². The van der Waals surface area contributed by atoms with Crippen LogP contribution in [-0.2, 0) is 11.3 Å². The van der Waals surface area contributed by atoms with Gasteiger partial charge < -0.3 is 15.5 Å². The van der Waals surface area contributed by atoms with Crippen LogP contribution in [-0.4, -0.2) is 37.4 Å². The topological polar surface area (TPSA) is 56.7 Å². The van der Waals surface area contributed by atoms with Crippen LogP contribution in [0.1, 0.15) is 45.6 Å². The number of hydrogen-bond acceptors (Lipinski definition) is 2. The molecule has 5 heteroatoms. The molecule has 0 aliphatic carbocycles. The van der Waals surface area contributed by atoms with E-state index in [1.165, 1.54) is 6.42 Å². The molecule has 0 aliphatic rings. The van der Waals surface area contributed by atoms with Gasteiger partial charge in [-0.15, -0.1) is 0 Å². The lowest BCUT2D eigenvalue weighted by molar-refractivity contribution is -0.116. The van der Waals surface area contributed by atoms with Crippen LogP contribution in [0.5, 0.6) is 0 Å². The van der Waals surface area contributed by atoms with E-state index in [0.29, 0.717) is 18.9 Å². The van der Waals surface area contributed by atoms with E-state index < -0.39 is 0 Å². The minimum absolute atomic E-state index is 0.0604. The number of carbonyl (C=O) groups excluding carboxylic acids is 1. The molecule has 1 amide bonds. The van der Waals surface area contributed by atoms with Crippen molar-refractivity contribution >= 4 is 17.6 Å². The van der Waals surface area contributed by atoms with Gasteiger partial charge in [0.2, 0.25) is 5.91 Å². The first-order valence-electron chi connectivity index (χ1n) is 8.76. The van der Waals surface area contributed by atoms with E-state index in [9.17, 15) is 4.79 Å². The number of amides is 1. The molecule has 0 spiro atoms. The van der Waals surface area contributed by atoms with Crippen LogP contribution >= 0.6 is 0 Å². The monoisotopic (exact) mass is 332 g/mol. The van der Waals surface area contributed by atoms with Gasteiger partial charge in [-0.1, -0.05) is 39.3 Å². The SMILES string of the molecule is CCCCN(C)C(=NC)NCc1cccc(NC(=O)CC(C)C)c1. The molecule has 24 heavy (non-hydrogen) atoms. The van der Waals surface area contributed by atoms with Gasteiger partial charge in [0.25, 0.3) is 0 Å². The molecule has 0 atom stereocenters. The lowest BCUT2D eigenvalue weighted by Gasteiger charge is -2.22. The van der Waals surface area contributed by atoms with Gasteiger partial charge in [-0.05, 0) is 30.0 Å². The summed E-state index contributed by atoms with van der Waals surface area (Å²) in [5.41, 5.74) is 1.96. The summed E-state index contributed by atoms with van der Waals surface area (Å²) >= 11 is 0. The minimum Gasteiger partial charge on any atom is -0.352 e. The van der Waals surface area contributed by atoms with E-state index in [0.717, 1.165) is 30.2 Å². The number of nitrogens with one attached hydrogen (secondary N) is 2. The maximum atomic E-state index is 11.9. The summed E-state index contributed by atoms with van der Waals surface area (Å²) in [5.74, 6) is 1.31. The zero-order chi connectivity index (χ0) is 17.9. The van der Waals surface area contributed by atoms with Gasteiger partial charge >= 0.3 is 0 Å². The molecule has 1 rings (SSSR count). The Bertz CT molecular complexity index is 540. The summed E-state index contributed by atoms with van der Waals surface area (Å²) in [4.78, 5) is 18.3. The molecule has 1 aromatic rings. The first-order valence-corrected chi connectivity index (χ1v) is 8.76. The van der Waals surface area contributed by atoms with Crippen LogP contribution < -0.4 is 10.6 Å². The molecule has 0 unspecified atom stereocenters. The van der Waals surface area contributed by atoms with Crippen molar-refractivity contribution in [2.45, 2.75) is 46.6 Å². The molecule has 0 bridgehead atoms. The number of nitrogens with zero attached hydrogens (tertiary/aromatic N) is 2. The molecule has 0 saturated carbocycles. The molecule has 1 aromatic carbocycles. The molecule has 0 aromatic heterocycles. The quantitative estimate of drug-likeness (QED) is 0.566. The Morgan fingerprint density at radius 2 is 2.08 bits per heavy atom. The summed E-state index contributed by atoms with van der Waals surface area (Å²) in [6.45, 7) is 7.93. The van der Waals surface area contributed by atoms with Crippen molar-refractivity contribution in [3.8, 4) is 0 Å². The number of anilines is 1. The zero-order valence-corrected chi connectivity index (χ0v) is 15.7. The first-order chi connectivity index (χ1) is 11.5. The lowest BCUT2D eigenvalue weighted by atomic mass is 10.1. The molecule has 2 N–H and O–H groups in total. The fourth-order valence-corrected chi connectivity index (χ4v) is 2.41. The van der Waals surface area contributed by atoms with Gasteiger partial charge in [-0.2, -0.15) is 0 Å². The highest BCUT2D eigenvalue weighted by molar-refractivity contribution is 5.90. The normalized spacial score (nSPS) is 11.5. The highest BCUT2D eigenvalue weighted by Crippen LogP contribution is 2.12. The second kappa shape index (κ2) is 10.7. The van der Waals surface area contributed by atoms with Crippen LogP contribution in [0.2, 0.25) is 0 Å². The number of carbonyl (C=O) groups is 1. The van der Waals surface area contributed by atoms with Crippen LogP contribution in [0.4, 0.5) is 5.69 Å². The standard InChI is InChI=1S/C19H32N4O/c1-6-7-11-23(5)19(20-4)21-14-16-9-8-10-17(13-16)22-18(24)12-15(2)3/h8-10,13,15H,6-7,11-12,14H2,1-5H3,(H,20,21)(H,22,24). The van der Waals surface area contributed by atoms with Gasteiger partial charge in [0.15, 0.2) is 5.96 Å². The summed E-state index contributed by atoms with van der Waals surface area (Å²) in [7, 11) is 3.85. The average Bonchev–Trinajstić information content (AvgIpc) is 2.53. The lowest BCUT2D eigenvalue weighted by Crippen LogP contribution is -2.38. The number of aliphatic imine (C=N–C) groups is 1. The first kappa shape index (κ1) is 20.0. The van der Waals surface area contributed by atoms with Gasteiger partial charge in [0, 0.05) is 39.3 Å². The van der Waals surface area contributed by atoms with Crippen LogP contribution in [0.3, 0.4) is 0 Å². The van der Waals surface area contributed by atoms with Gasteiger partial charge in [-0.3, -0.25) is 9.79 Å². The molecule has 0 aliphatic heterocycles. The number of guanidine groups is 1. The van der Waals surface area contributed by atoms with Crippen LogP contribution in [0.15, 0.2) is 29.3 Å². The van der Waals surface area contributed by atoms with E-state index in [-0.39, 0.29) is 5.91 Å². The Balaban J connectivity index is 2.59. The summed E-state index contributed by atoms with van der Waals surface area (Å²) in [6, 6.07) is 7.93. The molecule has 0 heterocycles. The molecule has 0 radical (unpaired) electrons. The zero-order valence-electron chi connectivity index (χ0n) is 15.7. The van der Waals surface area contributed by atoms with Crippen molar-refractivity contribution in [1.82, 2.24) is 10.2 Å². The highest BCUT2D eigenvalue weighted by atomic mass is 16.1. The molecule has 5 nitrogen and oxygen atoms in total. The largest absolute Gasteiger partial charge is 0.352 e. The number of benzene rings is 1. The number of unbranched alkanes of at least 4 members (excludes halogenated alkanes) is 1. The molecular weight excluding hydrogens is 300 g/mol. The van der Waals surface area contributed by atoms with Crippen LogP contribution in [0.25, 0.3) is 0 Å². The Hall–Kier alpha value is -2.04. The second-order valence-corrected chi connectivity index (χ2v) is 6.52. The predicted octanol–water partition coefficient (Wildman–Crippen LogP) is 3.48. The predicted molar refractivity (Wildman–Crippen MR) is 102 cm³/mol. The smallest absolute Gasteiger partial charge is 0.224 e. The Kier molecular flexibility index (Phi) is 8.90. The Labute approximate surface area is 146 Å². The van der Waals surface area contributed by atoms with Gasteiger partial charge in [0.1, 0.15) is 0 Å². The van der Waals surface area contributed by atoms with E-state index in [2.05, 4.69) is 27.4 Å². The second-order valence-electron chi connectivity index (χ2n) is 6.52. The fourth-order valence-electron chi connectivity index (χ4n) is 2.41. The molecular formula is C19H32N4O. The van der Waals surface area contributed by atoms with Gasteiger partial charge in [0.05, 0.1) is 0 Å². The molecule has 0 saturated heterocycles. The third-order valence-corrected chi connectivity index (χ3v) is 3.68. The van der Waals surface area contributed by atoms with Crippen LogP contribution in [0, 0.1) is 5.92 Å². The third-order valence-electron chi connectivity index (χ3n) is 3.68. The van der Waals surface area contributed by atoms with Crippen molar-refractivity contribution in [1.29, 1.82) is 0 Å². The van der Waals surface area contributed by atoms with E-state index >= 15 is 0 Å². The summed E-state index contributed by atoms with van der Waals surface area (Å²) < 4.78 is 0. The van der Waals surface area contributed by atoms with Crippen molar-refractivity contribution in [3.05, 3.63) is 29.8 Å². The van der Waals surface area contributed by atoms with E-state index in [1.807, 2.05) is 45.2 Å². The molecule has 134 valence electrons. The third kappa shape index (κ3) is 7.49. The summed E-state index contributed by atoms with van der Waals surface area (Å²) in [6.07, 6.45) is 2.85. The van der Waals surface area contributed by atoms with Crippen molar-refractivity contribution in [3.63, 3.8) is 0 Å². The minimum atomic E-state index is 0.0604. The van der Waals surface area contributed by atoms with Crippen molar-refractivity contribution < 1.29 is 4.79 Å². The Morgan fingerprint density at radius 3 is 2.71 bits per heavy atom. The summed E-state index contributed by atoms with van der Waals surface area (Å²) in [5, 5.41) is 6.33. The maximum absolute atomic E-state index is 11.9. The highest BCUT2D eigenvalue weighted by Gasteiger charge is 2.07. The number of hydrogen-bond donors (Lipinski definition) is 2. The van der Waals surface area contributed by atoms with Crippen molar-refractivity contribution in [2.75, 3.05) is 26.0 Å². The Morgan fingerprint density at radius 1 is 1.33 bits per heavy atom.